The summed E-state index contributed by atoms with van der Waals surface area (Å²) in [6.07, 6.45) is 1.96. The highest BCUT2D eigenvalue weighted by Crippen LogP contribution is 2.29. The zero-order valence-corrected chi connectivity index (χ0v) is 12.4. The minimum Gasteiger partial charge on any atom is -0.399 e. The Bertz CT molecular complexity index is 774. The molecule has 0 spiro atoms. The van der Waals surface area contributed by atoms with Crippen LogP contribution in [0.1, 0.15) is 11.1 Å². The van der Waals surface area contributed by atoms with Crippen molar-refractivity contribution in [2.75, 3.05) is 5.73 Å². The Labute approximate surface area is 120 Å². The molecule has 19 heavy (non-hydrogen) atoms. The number of nitrogen functional groups attached to an aromatic ring is 1. The third kappa shape index (κ3) is 2.02. The second-order valence-corrected chi connectivity index (χ2v) is 5.51. The van der Waals surface area contributed by atoms with Gasteiger partial charge in [-0.1, -0.05) is 23.8 Å². The van der Waals surface area contributed by atoms with Crippen molar-refractivity contribution in [2.45, 2.75) is 13.8 Å². The molecule has 0 saturated carbocycles. The molecule has 0 saturated heterocycles. The van der Waals surface area contributed by atoms with Gasteiger partial charge in [-0.05, 0) is 47.5 Å². The van der Waals surface area contributed by atoms with Gasteiger partial charge in [0, 0.05) is 17.4 Å². The van der Waals surface area contributed by atoms with Crippen molar-refractivity contribution in [3.63, 3.8) is 0 Å². The SMILES string of the molecule is Cc1ccc(-c2nc(Br)c3cc(N)ccn23)c(C)c1. The third-order valence-electron chi connectivity index (χ3n) is 3.25. The average Bonchev–Trinajstić information content (AvgIpc) is 2.66. The molecule has 2 heterocycles. The van der Waals surface area contributed by atoms with Gasteiger partial charge in [-0.15, -0.1) is 0 Å². The Morgan fingerprint density at radius 3 is 2.68 bits per heavy atom. The van der Waals surface area contributed by atoms with Crippen molar-refractivity contribution in [3.05, 3.63) is 52.3 Å². The van der Waals surface area contributed by atoms with Gasteiger partial charge in [0.05, 0.1) is 5.52 Å². The van der Waals surface area contributed by atoms with Gasteiger partial charge in [0.1, 0.15) is 10.4 Å². The van der Waals surface area contributed by atoms with E-state index in [1.165, 1.54) is 11.1 Å². The van der Waals surface area contributed by atoms with Crippen LogP contribution in [0.2, 0.25) is 0 Å². The highest BCUT2D eigenvalue weighted by molar-refractivity contribution is 9.10. The van der Waals surface area contributed by atoms with Crippen LogP contribution in [0.25, 0.3) is 16.9 Å². The molecule has 4 heteroatoms. The lowest BCUT2D eigenvalue weighted by atomic mass is 10.1. The van der Waals surface area contributed by atoms with Crippen LogP contribution >= 0.6 is 15.9 Å². The molecule has 1 aromatic carbocycles. The number of rotatable bonds is 1. The number of hydrogen-bond donors (Lipinski definition) is 1. The lowest BCUT2D eigenvalue weighted by Gasteiger charge is -2.06. The molecular weight excluding hydrogens is 302 g/mol. The summed E-state index contributed by atoms with van der Waals surface area (Å²) in [5, 5.41) is 0. The van der Waals surface area contributed by atoms with Gasteiger partial charge in [-0.2, -0.15) is 0 Å². The van der Waals surface area contributed by atoms with Gasteiger partial charge in [0.15, 0.2) is 0 Å². The van der Waals surface area contributed by atoms with Crippen LogP contribution in [-0.4, -0.2) is 9.38 Å². The standard InChI is InChI=1S/C15H14BrN3/c1-9-3-4-12(10(2)7-9)15-18-14(16)13-8-11(17)5-6-19(13)15/h3-8H,17H2,1-2H3. The van der Waals surface area contributed by atoms with E-state index in [-0.39, 0.29) is 0 Å². The monoisotopic (exact) mass is 315 g/mol. The molecule has 0 aliphatic heterocycles. The van der Waals surface area contributed by atoms with Crippen LogP contribution in [0.3, 0.4) is 0 Å². The minimum atomic E-state index is 0.736. The van der Waals surface area contributed by atoms with Crippen LogP contribution < -0.4 is 5.73 Å². The summed E-state index contributed by atoms with van der Waals surface area (Å²) >= 11 is 3.50. The zero-order valence-electron chi connectivity index (χ0n) is 10.8. The van der Waals surface area contributed by atoms with Gasteiger partial charge in [-0.3, -0.25) is 4.40 Å². The summed E-state index contributed by atoms with van der Waals surface area (Å²) in [5.41, 5.74) is 11.2. The number of nitrogens with zero attached hydrogens (tertiary/aromatic N) is 2. The molecule has 3 nitrogen and oxygen atoms in total. The maximum absolute atomic E-state index is 5.83. The Hall–Kier alpha value is -1.81. The number of aryl methyl sites for hydroxylation is 2. The molecule has 2 N–H and O–H groups in total. The van der Waals surface area contributed by atoms with E-state index in [0.717, 1.165) is 27.2 Å². The molecular formula is C15H14BrN3. The highest BCUT2D eigenvalue weighted by atomic mass is 79.9. The Kier molecular flexibility index (Phi) is 2.82. The summed E-state index contributed by atoms with van der Waals surface area (Å²) in [6, 6.07) is 10.2. The van der Waals surface area contributed by atoms with Crippen LogP contribution in [0.15, 0.2) is 41.1 Å². The van der Waals surface area contributed by atoms with Gasteiger partial charge in [0.2, 0.25) is 0 Å². The van der Waals surface area contributed by atoms with Crippen LogP contribution in [0, 0.1) is 13.8 Å². The Morgan fingerprint density at radius 2 is 1.95 bits per heavy atom. The van der Waals surface area contributed by atoms with Crippen molar-refractivity contribution in [2.24, 2.45) is 0 Å². The van der Waals surface area contributed by atoms with Gasteiger partial charge in [0.25, 0.3) is 0 Å². The van der Waals surface area contributed by atoms with Crippen molar-refractivity contribution in [1.82, 2.24) is 9.38 Å². The van der Waals surface area contributed by atoms with E-state index in [2.05, 4.69) is 57.4 Å². The topological polar surface area (TPSA) is 43.3 Å². The Morgan fingerprint density at radius 1 is 1.16 bits per heavy atom. The first-order valence-corrected chi connectivity index (χ1v) is 6.86. The fraction of sp³-hybridized carbons (Fsp3) is 0.133. The first-order valence-electron chi connectivity index (χ1n) is 6.07. The molecule has 0 unspecified atom stereocenters. The Balaban J connectivity index is 2.31. The number of halogens is 1. The molecule has 96 valence electrons. The number of anilines is 1. The van der Waals surface area contributed by atoms with Crippen molar-refractivity contribution in [3.8, 4) is 11.4 Å². The molecule has 0 bridgehead atoms. The molecule has 0 aliphatic carbocycles. The number of hydrogen-bond acceptors (Lipinski definition) is 2. The van der Waals surface area contributed by atoms with Gasteiger partial charge >= 0.3 is 0 Å². The molecule has 0 amide bonds. The van der Waals surface area contributed by atoms with E-state index in [1.54, 1.807) is 0 Å². The summed E-state index contributed by atoms with van der Waals surface area (Å²) in [5.74, 6) is 0.930. The van der Waals surface area contributed by atoms with Gasteiger partial charge in [-0.25, -0.2) is 4.98 Å². The van der Waals surface area contributed by atoms with Crippen LogP contribution in [0.5, 0.6) is 0 Å². The van der Waals surface area contributed by atoms with E-state index in [4.69, 9.17) is 5.73 Å². The number of aromatic nitrogens is 2. The second-order valence-electron chi connectivity index (χ2n) is 4.76. The lowest BCUT2D eigenvalue weighted by molar-refractivity contribution is 1.15. The van der Waals surface area contributed by atoms with Crippen molar-refractivity contribution < 1.29 is 0 Å². The zero-order chi connectivity index (χ0) is 13.6. The van der Waals surface area contributed by atoms with E-state index in [0.29, 0.717) is 0 Å². The van der Waals surface area contributed by atoms with E-state index in [9.17, 15) is 0 Å². The fourth-order valence-electron chi connectivity index (χ4n) is 2.32. The molecule has 0 radical (unpaired) electrons. The lowest BCUT2D eigenvalue weighted by Crippen LogP contribution is -1.93. The average molecular weight is 316 g/mol. The second kappa shape index (κ2) is 4.38. The molecule has 0 aliphatic rings. The first kappa shape index (κ1) is 12.2. The van der Waals surface area contributed by atoms with Crippen LogP contribution in [0.4, 0.5) is 5.69 Å². The van der Waals surface area contributed by atoms with Crippen LogP contribution in [-0.2, 0) is 0 Å². The van der Waals surface area contributed by atoms with E-state index in [1.807, 2.05) is 18.3 Å². The first-order chi connectivity index (χ1) is 9.06. The molecule has 3 rings (SSSR count). The smallest absolute Gasteiger partial charge is 0.146 e. The number of fused-ring (bicyclic) bond motifs is 1. The minimum absolute atomic E-state index is 0.736. The van der Waals surface area contributed by atoms with Gasteiger partial charge < -0.3 is 5.73 Å². The quantitative estimate of drug-likeness (QED) is 0.738. The maximum Gasteiger partial charge on any atom is 0.146 e. The number of benzene rings is 1. The molecule has 0 fully saturated rings. The van der Waals surface area contributed by atoms with E-state index < -0.39 is 0 Å². The highest BCUT2D eigenvalue weighted by Gasteiger charge is 2.12. The summed E-state index contributed by atoms with van der Waals surface area (Å²) in [4.78, 5) is 4.62. The predicted octanol–water partition coefficient (Wildman–Crippen LogP) is 3.96. The normalized spacial score (nSPS) is 11.1. The fourth-order valence-corrected chi connectivity index (χ4v) is 2.79. The molecule has 0 atom stereocenters. The number of pyridine rings is 1. The molecule has 3 aromatic rings. The summed E-state index contributed by atoms with van der Waals surface area (Å²) in [6.45, 7) is 4.20. The molecule has 2 aromatic heterocycles. The maximum atomic E-state index is 5.83. The van der Waals surface area contributed by atoms with Crippen molar-refractivity contribution >= 4 is 27.1 Å². The summed E-state index contributed by atoms with van der Waals surface area (Å²) < 4.78 is 2.87. The summed E-state index contributed by atoms with van der Waals surface area (Å²) in [7, 11) is 0. The number of imidazole rings is 1. The predicted molar refractivity (Wildman–Crippen MR) is 82.2 cm³/mol. The third-order valence-corrected chi connectivity index (χ3v) is 3.83. The number of nitrogens with two attached hydrogens (primary N) is 1. The van der Waals surface area contributed by atoms with E-state index >= 15 is 0 Å². The van der Waals surface area contributed by atoms with Crippen molar-refractivity contribution in [1.29, 1.82) is 0 Å². The largest absolute Gasteiger partial charge is 0.399 e.